The topological polar surface area (TPSA) is 74.6 Å². The number of aliphatic carboxylic acids is 1. The standard InChI is InChI=1S/C11H18O4/c1-2-3-4-5-9(12)6-7-10(13)8-11(14)15/h6-7,9,12H,2-5,8H2,1H3,(H,14,15). The van der Waals surface area contributed by atoms with Gasteiger partial charge in [0.2, 0.25) is 0 Å². The maximum Gasteiger partial charge on any atom is 0.311 e. The Balaban J connectivity index is 3.74. The van der Waals surface area contributed by atoms with Crippen molar-refractivity contribution in [1.82, 2.24) is 0 Å². The number of unbranched alkanes of at least 4 members (excludes halogenated alkanes) is 2. The van der Waals surface area contributed by atoms with E-state index in [0.717, 1.165) is 25.3 Å². The molecule has 0 aromatic rings. The van der Waals surface area contributed by atoms with Gasteiger partial charge in [-0.1, -0.05) is 32.3 Å². The normalized spacial score (nSPS) is 12.9. The summed E-state index contributed by atoms with van der Waals surface area (Å²) >= 11 is 0. The van der Waals surface area contributed by atoms with E-state index in [0.29, 0.717) is 6.42 Å². The molecule has 0 fully saturated rings. The Morgan fingerprint density at radius 1 is 1.33 bits per heavy atom. The predicted molar refractivity (Wildman–Crippen MR) is 56.5 cm³/mol. The van der Waals surface area contributed by atoms with E-state index in [2.05, 4.69) is 6.92 Å². The summed E-state index contributed by atoms with van der Waals surface area (Å²) in [5, 5.41) is 17.7. The van der Waals surface area contributed by atoms with Gasteiger partial charge >= 0.3 is 5.97 Å². The van der Waals surface area contributed by atoms with Crippen molar-refractivity contribution in [3.8, 4) is 0 Å². The molecule has 1 unspecified atom stereocenters. The van der Waals surface area contributed by atoms with Gasteiger partial charge < -0.3 is 10.2 Å². The molecule has 0 aliphatic rings. The van der Waals surface area contributed by atoms with Crippen molar-refractivity contribution in [3.05, 3.63) is 12.2 Å². The molecule has 0 amide bonds. The molecule has 0 radical (unpaired) electrons. The van der Waals surface area contributed by atoms with Crippen LogP contribution in [0.5, 0.6) is 0 Å². The summed E-state index contributed by atoms with van der Waals surface area (Å²) < 4.78 is 0. The van der Waals surface area contributed by atoms with Crippen molar-refractivity contribution in [1.29, 1.82) is 0 Å². The molecule has 0 rings (SSSR count). The SMILES string of the molecule is CCCCCC(O)C=CC(=O)CC(=O)O. The Bertz CT molecular complexity index is 233. The van der Waals surface area contributed by atoms with Crippen LogP contribution in [0.25, 0.3) is 0 Å². The number of allylic oxidation sites excluding steroid dienone is 1. The molecule has 0 aromatic heterocycles. The van der Waals surface area contributed by atoms with Crippen molar-refractivity contribution in [2.75, 3.05) is 0 Å². The first-order valence-corrected chi connectivity index (χ1v) is 5.17. The summed E-state index contributed by atoms with van der Waals surface area (Å²) in [6.07, 6.45) is 5.00. The maximum absolute atomic E-state index is 10.9. The second-order valence-electron chi connectivity index (χ2n) is 3.46. The fourth-order valence-corrected chi connectivity index (χ4v) is 1.13. The number of aliphatic hydroxyl groups excluding tert-OH is 1. The smallest absolute Gasteiger partial charge is 0.311 e. The molecule has 0 saturated heterocycles. The van der Waals surface area contributed by atoms with Gasteiger partial charge in [0, 0.05) is 0 Å². The Labute approximate surface area is 89.6 Å². The maximum atomic E-state index is 10.9. The molecular weight excluding hydrogens is 196 g/mol. The number of carbonyl (C=O) groups is 2. The van der Waals surface area contributed by atoms with Crippen LogP contribution in [0.1, 0.15) is 39.0 Å². The minimum Gasteiger partial charge on any atom is -0.481 e. The number of hydrogen-bond acceptors (Lipinski definition) is 3. The lowest BCUT2D eigenvalue weighted by Gasteiger charge is -2.03. The lowest BCUT2D eigenvalue weighted by molar-refractivity contribution is -0.139. The van der Waals surface area contributed by atoms with Crippen LogP contribution in [0.4, 0.5) is 0 Å². The Morgan fingerprint density at radius 2 is 2.00 bits per heavy atom. The first-order chi connectivity index (χ1) is 7.06. The van der Waals surface area contributed by atoms with Crippen LogP contribution in [0.2, 0.25) is 0 Å². The minimum atomic E-state index is -1.15. The van der Waals surface area contributed by atoms with Crippen LogP contribution >= 0.6 is 0 Å². The number of rotatable bonds is 8. The molecule has 0 aliphatic heterocycles. The molecule has 0 saturated carbocycles. The number of ketones is 1. The third-order valence-electron chi connectivity index (χ3n) is 1.93. The summed E-state index contributed by atoms with van der Waals surface area (Å²) in [7, 11) is 0. The molecule has 0 spiro atoms. The highest BCUT2D eigenvalue weighted by Crippen LogP contribution is 2.04. The van der Waals surface area contributed by atoms with Gasteiger partial charge in [-0.15, -0.1) is 0 Å². The van der Waals surface area contributed by atoms with E-state index in [4.69, 9.17) is 5.11 Å². The van der Waals surface area contributed by atoms with Crippen LogP contribution in [-0.4, -0.2) is 28.1 Å². The number of aliphatic hydroxyl groups is 1. The molecular formula is C11H18O4. The van der Waals surface area contributed by atoms with Crippen LogP contribution in [0.3, 0.4) is 0 Å². The highest BCUT2D eigenvalue weighted by Gasteiger charge is 2.04. The first kappa shape index (κ1) is 13.8. The number of carboxylic acid groups (broad SMARTS) is 1. The summed E-state index contributed by atoms with van der Waals surface area (Å²) in [6.45, 7) is 2.07. The largest absolute Gasteiger partial charge is 0.481 e. The lowest BCUT2D eigenvalue weighted by Crippen LogP contribution is -2.06. The Hall–Kier alpha value is -1.16. The molecule has 4 heteroatoms. The van der Waals surface area contributed by atoms with Crippen molar-refractivity contribution < 1.29 is 19.8 Å². The molecule has 0 aliphatic carbocycles. The highest BCUT2D eigenvalue weighted by molar-refractivity contribution is 6.01. The van der Waals surface area contributed by atoms with Gasteiger partial charge in [0.05, 0.1) is 6.10 Å². The van der Waals surface area contributed by atoms with E-state index < -0.39 is 24.3 Å². The quantitative estimate of drug-likeness (QED) is 0.365. The third kappa shape index (κ3) is 9.15. The number of carbonyl (C=O) groups excluding carboxylic acids is 1. The van der Waals surface area contributed by atoms with Gasteiger partial charge in [-0.2, -0.15) is 0 Å². The van der Waals surface area contributed by atoms with Crippen LogP contribution in [0.15, 0.2) is 12.2 Å². The van der Waals surface area contributed by atoms with Gasteiger partial charge in [-0.05, 0) is 12.5 Å². The van der Waals surface area contributed by atoms with Crippen LogP contribution in [-0.2, 0) is 9.59 Å². The van der Waals surface area contributed by atoms with E-state index in [1.54, 1.807) is 0 Å². The average Bonchev–Trinajstić information content (AvgIpc) is 2.14. The van der Waals surface area contributed by atoms with E-state index in [1.807, 2.05) is 0 Å². The summed E-state index contributed by atoms with van der Waals surface area (Å²) in [5.41, 5.74) is 0. The van der Waals surface area contributed by atoms with Gasteiger partial charge in [-0.25, -0.2) is 0 Å². The second-order valence-corrected chi connectivity index (χ2v) is 3.46. The second kappa shape index (κ2) is 8.17. The van der Waals surface area contributed by atoms with Crippen molar-refractivity contribution in [2.45, 2.75) is 45.1 Å². The average molecular weight is 214 g/mol. The van der Waals surface area contributed by atoms with Crippen molar-refractivity contribution >= 4 is 11.8 Å². The molecule has 0 aromatic carbocycles. The van der Waals surface area contributed by atoms with Gasteiger partial charge in [0.25, 0.3) is 0 Å². The van der Waals surface area contributed by atoms with E-state index >= 15 is 0 Å². The van der Waals surface area contributed by atoms with E-state index in [9.17, 15) is 14.7 Å². The monoisotopic (exact) mass is 214 g/mol. The molecule has 1 atom stereocenters. The van der Waals surface area contributed by atoms with Crippen LogP contribution < -0.4 is 0 Å². The summed E-state index contributed by atoms with van der Waals surface area (Å²) in [5.74, 6) is -1.64. The molecule has 0 bridgehead atoms. The first-order valence-electron chi connectivity index (χ1n) is 5.17. The zero-order valence-electron chi connectivity index (χ0n) is 8.98. The van der Waals surface area contributed by atoms with Crippen molar-refractivity contribution in [2.24, 2.45) is 0 Å². The zero-order chi connectivity index (χ0) is 11.7. The fourth-order valence-electron chi connectivity index (χ4n) is 1.13. The fraction of sp³-hybridized carbons (Fsp3) is 0.636. The molecule has 15 heavy (non-hydrogen) atoms. The number of hydrogen-bond donors (Lipinski definition) is 2. The van der Waals surface area contributed by atoms with Gasteiger partial charge in [0.15, 0.2) is 5.78 Å². The van der Waals surface area contributed by atoms with Gasteiger partial charge in [0.1, 0.15) is 6.42 Å². The zero-order valence-corrected chi connectivity index (χ0v) is 8.98. The molecule has 86 valence electrons. The lowest BCUT2D eigenvalue weighted by atomic mass is 10.1. The highest BCUT2D eigenvalue weighted by atomic mass is 16.4. The third-order valence-corrected chi connectivity index (χ3v) is 1.93. The summed E-state index contributed by atoms with van der Waals surface area (Å²) in [4.78, 5) is 21.1. The van der Waals surface area contributed by atoms with Crippen molar-refractivity contribution in [3.63, 3.8) is 0 Å². The molecule has 2 N–H and O–H groups in total. The Kier molecular flexibility index (Phi) is 7.54. The minimum absolute atomic E-state index is 0.489. The van der Waals surface area contributed by atoms with E-state index in [-0.39, 0.29) is 0 Å². The van der Waals surface area contributed by atoms with Gasteiger partial charge in [-0.3, -0.25) is 9.59 Å². The number of carboxylic acids is 1. The molecule has 4 nitrogen and oxygen atoms in total. The van der Waals surface area contributed by atoms with E-state index in [1.165, 1.54) is 6.08 Å². The molecule has 0 heterocycles. The predicted octanol–water partition coefficient (Wildman–Crippen LogP) is 1.53. The van der Waals surface area contributed by atoms with Crippen LogP contribution in [0, 0.1) is 0 Å². The summed E-state index contributed by atoms with van der Waals surface area (Å²) in [6, 6.07) is 0. The Morgan fingerprint density at radius 3 is 2.53 bits per heavy atom.